The molecule has 34 heavy (non-hydrogen) atoms. The van der Waals surface area contributed by atoms with Gasteiger partial charge < -0.3 is 15.0 Å². The largest absolute Gasteiger partial charge is 0.497 e. The zero-order valence-electron chi connectivity index (χ0n) is 18.8. The van der Waals surface area contributed by atoms with Crippen molar-refractivity contribution < 1.29 is 18.7 Å². The minimum absolute atomic E-state index is 0.184. The first-order valence-corrected chi connectivity index (χ1v) is 12.0. The second-order valence-electron chi connectivity index (χ2n) is 8.02. The lowest BCUT2D eigenvalue weighted by molar-refractivity contribution is -0.128. The molecule has 176 valence electrons. The van der Waals surface area contributed by atoms with Gasteiger partial charge in [0.25, 0.3) is 0 Å². The molecular formula is C26H24ClFN2O3S. The number of nitrogens with one attached hydrogen (secondary N) is 1. The number of para-hydroxylation sites is 1. The van der Waals surface area contributed by atoms with Gasteiger partial charge in [0, 0.05) is 16.5 Å². The van der Waals surface area contributed by atoms with Crippen LogP contribution in [0, 0.1) is 11.7 Å². The van der Waals surface area contributed by atoms with Crippen LogP contribution in [0.25, 0.3) is 0 Å². The van der Waals surface area contributed by atoms with Crippen molar-refractivity contribution in [2.24, 2.45) is 5.92 Å². The van der Waals surface area contributed by atoms with Crippen LogP contribution in [0.2, 0.25) is 5.02 Å². The molecule has 1 aliphatic rings. The number of amides is 2. The Hall–Kier alpha value is -3.03. The van der Waals surface area contributed by atoms with Crippen LogP contribution in [0.3, 0.4) is 0 Å². The Morgan fingerprint density at radius 2 is 1.91 bits per heavy atom. The van der Waals surface area contributed by atoms with Crippen LogP contribution in [0.1, 0.15) is 18.1 Å². The van der Waals surface area contributed by atoms with Crippen molar-refractivity contribution in [3.8, 4) is 5.75 Å². The lowest BCUT2D eigenvalue weighted by Crippen LogP contribution is -2.47. The highest BCUT2D eigenvalue weighted by molar-refractivity contribution is 8.01. The van der Waals surface area contributed by atoms with Gasteiger partial charge in [-0.1, -0.05) is 48.9 Å². The number of benzene rings is 3. The molecular weight excluding hydrogens is 475 g/mol. The van der Waals surface area contributed by atoms with E-state index in [0.717, 1.165) is 21.9 Å². The fourth-order valence-corrected chi connectivity index (χ4v) is 5.28. The van der Waals surface area contributed by atoms with Gasteiger partial charge in [-0.2, -0.15) is 0 Å². The molecule has 3 aromatic carbocycles. The van der Waals surface area contributed by atoms with Crippen LogP contribution in [-0.2, 0) is 22.7 Å². The fourth-order valence-electron chi connectivity index (χ4n) is 3.77. The number of rotatable bonds is 7. The van der Waals surface area contributed by atoms with E-state index in [2.05, 4.69) is 5.32 Å². The number of anilines is 1. The topological polar surface area (TPSA) is 58.6 Å². The molecule has 1 aliphatic heterocycles. The van der Waals surface area contributed by atoms with E-state index in [1.54, 1.807) is 25.0 Å². The van der Waals surface area contributed by atoms with Gasteiger partial charge in [0.2, 0.25) is 11.8 Å². The number of hydrogen-bond acceptors (Lipinski definition) is 4. The van der Waals surface area contributed by atoms with Gasteiger partial charge in [0.15, 0.2) is 0 Å². The maximum atomic E-state index is 13.6. The number of carbonyl (C=O) groups is 2. The second-order valence-corrected chi connectivity index (χ2v) is 9.61. The Balaban J connectivity index is 1.52. The van der Waals surface area contributed by atoms with Gasteiger partial charge in [-0.15, -0.1) is 11.8 Å². The van der Waals surface area contributed by atoms with Crippen LogP contribution >= 0.6 is 23.4 Å². The number of nitrogens with zero attached hydrogens (tertiary/aromatic N) is 1. The smallest absolute Gasteiger partial charge is 0.241 e. The van der Waals surface area contributed by atoms with E-state index in [1.165, 1.54) is 23.9 Å². The highest BCUT2D eigenvalue weighted by Gasteiger charge is 2.39. The average molecular weight is 499 g/mol. The van der Waals surface area contributed by atoms with E-state index >= 15 is 0 Å². The molecule has 2 unspecified atom stereocenters. The predicted octanol–water partition coefficient (Wildman–Crippen LogP) is 5.45. The van der Waals surface area contributed by atoms with Gasteiger partial charge in [0.1, 0.15) is 16.8 Å². The third kappa shape index (κ3) is 5.21. The van der Waals surface area contributed by atoms with E-state index in [0.29, 0.717) is 12.1 Å². The minimum atomic E-state index is -0.606. The van der Waals surface area contributed by atoms with Gasteiger partial charge in [0.05, 0.1) is 25.3 Å². The Morgan fingerprint density at radius 1 is 1.18 bits per heavy atom. The van der Waals surface area contributed by atoms with Crippen molar-refractivity contribution in [3.63, 3.8) is 0 Å². The molecule has 0 aromatic heterocycles. The Kier molecular flexibility index (Phi) is 7.44. The monoisotopic (exact) mass is 498 g/mol. The van der Waals surface area contributed by atoms with Crippen LogP contribution in [0.5, 0.6) is 5.75 Å². The van der Waals surface area contributed by atoms with Crippen LogP contribution < -0.4 is 15.0 Å². The van der Waals surface area contributed by atoms with Gasteiger partial charge >= 0.3 is 0 Å². The quantitative estimate of drug-likeness (QED) is 0.470. The SMILES string of the molecule is COc1ccc(CNC(=O)C(C)C2Sc3ccccc3N(Cc3ccc(F)cc3Cl)C2=O)cc1. The van der Waals surface area contributed by atoms with Crippen LogP contribution in [0.4, 0.5) is 10.1 Å². The summed E-state index contributed by atoms with van der Waals surface area (Å²) in [4.78, 5) is 29.1. The van der Waals surface area contributed by atoms with Crippen molar-refractivity contribution in [2.75, 3.05) is 12.0 Å². The van der Waals surface area contributed by atoms with E-state index in [9.17, 15) is 14.0 Å². The second kappa shape index (κ2) is 10.5. The van der Waals surface area contributed by atoms with Gasteiger partial charge in [-0.25, -0.2) is 4.39 Å². The molecule has 3 aromatic rings. The first-order valence-electron chi connectivity index (χ1n) is 10.8. The lowest BCUT2D eigenvalue weighted by atomic mass is 10.0. The number of hydrogen-bond donors (Lipinski definition) is 1. The number of ether oxygens (including phenoxy) is 1. The molecule has 0 fully saturated rings. The molecule has 1 N–H and O–H groups in total. The Bertz CT molecular complexity index is 1200. The van der Waals surface area contributed by atoms with Crippen molar-refractivity contribution in [1.29, 1.82) is 0 Å². The van der Waals surface area contributed by atoms with E-state index in [1.807, 2.05) is 48.5 Å². The Morgan fingerprint density at radius 3 is 2.62 bits per heavy atom. The number of carbonyl (C=O) groups excluding carboxylic acids is 2. The summed E-state index contributed by atoms with van der Waals surface area (Å²) in [7, 11) is 1.60. The molecule has 0 spiro atoms. The molecule has 2 atom stereocenters. The molecule has 8 heteroatoms. The van der Waals surface area contributed by atoms with Crippen molar-refractivity contribution in [2.45, 2.75) is 30.2 Å². The highest BCUT2D eigenvalue weighted by Crippen LogP contribution is 2.42. The zero-order chi connectivity index (χ0) is 24.2. The van der Waals surface area contributed by atoms with Crippen molar-refractivity contribution in [3.05, 3.63) is 88.7 Å². The Labute approximate surface area is 207 Å². The number of methoxy groups -OCH3 is 1. The summed E-state index contributed by atoms with van der Waals surface area (Å²) in [5.74, 6) is -0.658. The van der Waals surface area contributed by atoms with Crippen molar-refractivity contribution in [1.82, 2.24) is 5.32 Å². The van der Waals surface area contributed by atoms with E-state index < -0.39 is 17.0 Å². The predicted molar refractivity (Wildman–Crippen MR) is 133 cm³/mol. The molecule has 0 aliphatic carbocycles. The fraction of sp³-hybridized carbons (Fsp3) is 0.231. The summed E-state index contributed by atoms with van der Waals surface area (Å²) in [6.45, 7) is 2.30. The summed E-state index contributed by atoms with van der Waals surface area (Å²) in [5, 5.41) is 2.58. The first-order chi connectivity index (χ1) is 16.4. The molecule has 0 bridgehead atoms. The number of halogens is 2. The minimum Gasteiger partial charge on any atom is -0.497 e. The summed E-state index contributed by atoms with van der Waals surface area (Å²) < 4.78 is 18.7. The maximum Gasteiger partial charge on any atom is 0.241 e. The maximum absolute atomic E-state index is 13.6. The molecule has 4 rings (SSSR count). The summed E-state index contributed by atoms with van der Waals surface area (Å²) >= 11 is 7.62. The van der Waals surface area contributed by atoms with Crippen LogP contribution in [-0.4, -0.2) is 24.2 Å². The third-order valence-corrected chi connectivity index (χ3v) is 7.57. The van der Waals surface area contributed by atoms with E-state index in [4.69, 9.17) is 16.3 Å². The molecule has 5 nitrogen and oxygen atoms in total. The van der Waals surface area contributed by atoms with E-state index in [-0.39, 0.29) is 23.4 Å². The standard InChI is InChI=1S/C26H24ClFN2O3S/c1-16(25(31)29-14-17-7-11-20(33-2)12-8-17)24-26(32)30(22-5-3-4-6-23(22)34-24)15-18-9-10-19(28)13-21(18)27/h3-13,16,24H,14-15H2,1-2H3,(H,29,31). The lowest BCUT2D eigenvalue weighted by Gasteiger charge is -2.36. The first kappa shape index (κ1) is 24.1. The third-order valence-electron chi connectivity index (χ3n) is 5.76. The summed E-state index contributed by atoms with van der Waals surface area (Å²) in [5.41, 5.74) is 2.32. The van der Waals surface area contributed by atoms with Crippen molar-refractivity contribution >= 4 is 40.9 Å². The normalized spacial score (nSPS) is 16.1. The molecule has 0 saturated heterocycles. The molecule has 2 amide bonds. The van der Waals surface area contributed by atoms with Gasteiger partial charge in [-0.3, -0.25) is 9.59 Å². The van der Waals surface area contributed by atoms with Crippen LogP contribution in [0.15, 0.2) is 71.6 Å². The average Bonchev–Trinajstić information content (AvgIpc) is 2.85. The molecule has 1 heterocycles. The highest BCUT2D eigenvalue weighted by atomic mass is 35.5. The molecule has 0 saturated carbocycles. The van der Waals surface area contributed by atoms with Gasteiger partial charge in [-0.05, 0) is 47.5 Å². The summed E-state index contributed by atoms with van der Waals surface area (Å²) in [6, 6.07) is 19.1. The number of thioether (sulfide) groups is 1. The molecule has 0 radical (unpaired) electrons. The zero-order valence-corrected chi connectivity index (χ0v) is 20.3. The number of fused-ring (bicyclic) bond motifs is 1. The summed E-state index contributed by atoms with van der Waals surface area (Å²) in [6.07, 6.45) is 0.